The molecule has 0 radical (unpaired) electrons. The molecule has 2 fully saturated rings. The summed E-state index contributed by atoms with van der Waals surface area (Å²) in [7, 11) is 0. The highest BCUT2D eigenvalue weighted by molar-refractivity contribution is 9.10. The van der Waals surface area contributed by atoms with Gasteiger partial charge >= 0.3 is 0 Å². The summed E-state index contributed by atoms with van der Waals surface area (Å²) in [6, 6.07) is 13.9. The fourth-order valence-corrected chi connectivity index (χ4v) is 4.49. The summed E-state index contributed by atoms with van der Waals surface area (Å²) in [5, 5.41) is 0. The fourth-order valence-electron chi connectivity index (χ4n) is 4.22. The Kier molecular flexibility index (Phi) is 5.54. The number of carbonyl (C=O) groups excluding carboxylic acids is 3. The topological polar surface area (TPSA) is 63.7 Å². The van der Waals surface area contributed by atoms with Gasteiger partial charge in [-0.2, -0.15) is 0 Å². The van der Waals surface area contributed by atoms with Crippen molar-refractivity contribution in [2.45, 2.75) is 26.2 Å². The first-order valence-electron chi connectivity index (χ1n) is 9.83. The third-order valence-corrected chi connectivity index (χ3v) is 6.33. The summed E-state index contributed by atoms with van der Waals surface area (Å²) in [6.07, 6.45) is 2.52. The summed E-state index contributed by atoms with van der Waals surface area (Å²) in [6.45, 7) is 2.02. The molecule has 2 aliphatic rings. The average molecular weight is 456 g/mol. The second-order valence-electron chi connectivity index (χ2n) is 7.86. The number of amides is 2. The van der Waals surface area contributed by atoms with Gasteiger partial charge in [0, 0.05) is 16.1 Å². The maximum absolute atomic E-state index is 12.9. The number of anilines is 1. The lowest BCUT2D eigenvalue weighted by molar-refractivity contribution is -0.122. The Bertz CT molecular complexity index is 956. The zero-order valence-corrected chi connectivity index (χ0v) is 17.7. The molecule has 1 aliphatic heterocycles. The number of ketones is 1. The first kappa shape index (κ1) is 19.8. The molecule has 0 bridgehead atoms. The van der Waals surface area contributed by atoms with Crippen molar-refractivity contribution >= 4 is 39.2 Å². The second-order valence-corrected chi connectivity index (χ2v) is 8.77. The van der Waals surface area contributed by atoms with Crippen molar-refractivity contribution in [2.24, 2.45) is 17.8 Å². The Hall–Kier alpha value is -2.47. The van der Waals surface area contributed by atoms with E-state index in [-0.39, 0.29) is 36.0 Å². The van der Waals surface area contributed by atoms with Gasteiger partial charge in [0.2, 0.25) is 11.8 Å². The van der Waals surface area contributed by atoms with E-state index in [0.717, 1.165) is 23.7 Å². The van der Waals surface area contributed by atoms with Gasteiger partial charge in [0.15, 0.2) is 12.4 Å². The van der Waals surface area contributed by atoms with Crippen LogP contribution in [0.25, 0.3) is 0 Å². The van der Waals surface area contributed by atoms with Gasteiger partial charge in [0.1, 0.15) is 5.75 Å². The molecule has 0 unspecified atom stereocenters. The number of benzene rings is 2. The minimum absolute atomic E-state index is 0.115. The van der Waals surface area contributed by atoms with Gasteiger partial charge in [0.05, 0.1) is 17.5 Å². The third kappa shape index (κ3) is 3.99. The summed E-state index contributed by atoms with van der Waals surface area (Å²) >= 11 is 3.34. The molecule has 4 rings (SSSR count). The average Bonchev–Trinajstić information content (AvgIpc) is 2.96. The van der Waals surface area contributed by atoms with E-state index in [2.05, 4.69) is 22.9 Å². The molecule has 2 aromatic rings. The molecule has 0 aromatic heterocycles. The lowest BCUT2D eigenvalue weighted by atomic mass is 9.76. The molecule has 2 aromatic carbocycles. The Balaban J connectivity index is 1.47. The van der Waals surface area contributed by atoms with Crippen LogP contribution in [0.2, 0.25) is 0 Å². The lowest BCUT2D eigenvalue weighted by Gasteiger charge is -2.25. The molecule has 29 heavy (non-hydrogen) atoms. The SMILES string of the molecule is C[C@H]1CC[C@H]2C(=O)N(c3cccc(OCC(=O)c4ccc(Br)cc4)c3)C(=O)[C@@H]2C1. The number of rotatable bonds is 5. The van der Waals surface area contributed by atoms with Crippen LogP contribution >= 0.6 is 15.9 Å². The van der Waals surface area contributed by atoms with Gasteiger partial charge in [0.25, 0.3) is 0 Å². The fraction of sp³-hybridized carbons (Fsp3) is 0.348. The number of Topliss-reactive ketones (excluding diaryl/α,β-unsaturated/α-hetero) is 1. The number of carbonyl (C=O) groups is 3. The minimum atomic E-state index is -0.213. The van der Waals surface area contributed by atoms with Gasteiger partial charge in [-0.15, -0.1) is 0 Å². The highest BCUT2D eigenvalue weighted by Gasteiger charge is 2.49. The van der Waals surface area contributed by atoms with Crippen LogP contribution in [0.5, 0.6) is 5.75 Å². The van der Waals surface area contributed by atoms with E-state index in [9.17, 15) is 14.4 Å². The van der Waals surface area contributed by atoms with E-state index >= 15 is 0 Å². The predicted octanol–water partition coefficient (Wildman–Crippen LogP) is 4.64. The number of hydrogen-bond acceptors (Lipinski definition) is 4. The van der Waals surface area contributed by atoms with Crippen molar-refractivity contribution in [1.82, 2.24) is 0 Å². The number of fused-ring (bicyclic) bond motifs is 1. The van der Waals surface area contributed by atoms with E-state index < -0.39 is 0 Å². The second kappa shape index (κ2) is 8.11. The largest absolute Gasteiger partial charge is 0.485 e. The van der Waals surface area contributed by atoms with Gasteiger partial charge in [-0.1, -0.05) is 41.1 Å². The number of nitrogens with zero attached hydrogens (tertiary/aromatic N) is 1. The highest BCUT2D eigenvalue weighted by Crippen LogP contribution is 2.42. The molecule has 5 nitrogen and oxygen atoms in total. The van der Waals surface area contributed by atoms with Crippen LogP contribution in [0.15, 0.2) is 53.0 Å². The molecule has 3 atom stereocenters. The molecule has 1 saturated heterocycles. The highest BCUT2D eigenvalue weighted by atomic mass is 79.9. The Morgan fingerprint density at radius 2 is 1.79 bits per heavy atom. The Labute approximate surface area is 178 Å². The quantitative estimate of drug-likeness (QED) is 0.486. The third-order valence-electron chi connectivity index (χ3n) is 5.80. The standard InChI is InChI=1S/C23H22BrNO4/c1-14-5-10-19-20(11-14)23(28)25(22(19)27)17-3-2-4-18(12-17)29-13-21(26)15-6-8-16(24)9-7-15/h2-4,6-9,12,14,19-20H,5,10-11,13H2,1H3/t14-,19+,20+/m0/s1. The van der Waals surface area contributed by atoms with Crippen molar-refractivity contribution in [3.63, 3.8) is 0 Å². The van der Waals surface area contributed by atoms with E-state index in [0.29, 0.717) is 22.9 Å². The molecule has 1 aliphatic carbocycles. The Morgan fingerprint density at radius 3 is 2.55 bits per heavy atom. The zero-order chi connectivity index (χ0) is 20.5. The zero-order valence-electron chi connectivity index (χ0n) is 16.1. The molecule has 0 spiro atoms. The Morgan fingerprint density at radius 1 is 1.07 bits per heavy atom. The van der Waals surface area contributed by atoms with Crippen molar-refractivity contribution in [3.8, 4) is 5.75 Å². The van der Waals surface area contributed by atoms with E-state index in [1.54, 1.807) is 48.5 Å². The molecular weight excluding hydrogens is 434 g/mol. The van der Waals surface area contributed by atoms with Crippen molar-refractivity contribution in [2.75, 3.05) is 11.5 Å². The molecular formula is C23H22BrNO4. The van der Waals surface area contributed by atoms with Crippen LogP contribution in [-0.2, 0) is 9.59 Å². The number of hydrogen-bond donors (Lipinski definition) is 0. The van der Waals surface area contributed by atoms with Gasteiger partial charge in [-0.25, -0.2) is 4.90 Å². The van der Waals surface area contributed by atoms with E-state index in [1.807, 2.05) is 0 Å². The molecule has 0 N–H and O–H groups in total. The summed E-state index contributed by atoms with van der Waals surface area (Å²) in [5.74, 6) is 0.127. The number of imide groups is 1. The molecule has 1 saturated carbocycles. The summed E-state index contributed by atoms with van der Waals surface area (Å²) in [5.41, 5.74) is 1.07. The van der Waals surface area contributed by atoms with E-state index in [1.165, 1.54) is 4.90 Å². The monoisotopic (exact) mass is 455 g/mol. The van der Waals surface area contributed by atoms with Gasteiger partial charge in [-0.05, 0) is 49.4 Å². The molecule has 1 heterocycles. The van der Waals surface area contributed by atoms with Crippen LogP contribution in [0.3, 0.4) is 0 Å². The normalized spacial score (nSPS) is 23.8. The van der Waals surface area contributed by atoms with Crippen molar-refractivity contribution in [1.29, 1.82) is 0 Å². The van der Waals surface area contributed by atoms with Crippen LogP contribution < -0.4 is 9.64 Å². The van der Waals surface area contributed by atoms with Crippen molar-refractivity contribution in [3.05, 3.63) is 58.6 Å². The maximum Gasteiger partial charge on any atom is 0.237 e. The van der Waals surface area contributed by atoms with Gasteiger partial charge in [-0.3, -0.25) is 14.4 Å². The smallest absolute Gasteiger partial charge is 0.237 e. The first-order valence-corrected chi connectivity index (χ1v) is 10.6. The van der Waals surface area contributed by atoms with Gasteiger partial charge < -0.3 is 4.74 Å². The number of halogens is 1. The van der Waals surface area contributed by atoms with Crippen molar-refractivity contribution < 1.29 is 19.1 Å². The molecule has 6 heteroatoms. The lowest BCUT2D eigenvalue weighted by Crippen LogP contribution is -2.30. The van der Waals surface area contributed by atoms with E-state index in [4.69, 9.17) is 4.74 Å². The predicted molar refractivity (Wildman–Crippen MR) is 113 cm³/mol. The summed E-state index contributed by atoms with van der Waals surface area (Å²) in [4.78, 5) is 39.4. The first-order chi connectivity index (χ1) is 13.9. The maximum atomic E-state index is 12.9. The van der Waals surface area contributed by atoms with Crippen LogP contribution in [0.4, 0.5) is 5.69 Å². The minimum Gasteiger partial charge on any atom is -0.485 e. The number of ether oxygens (including phenoxy) is 1. The van der Waals surface area contributed by atoms with Crippen LogP contribution in [0, 0.1) is 17.8 Å². The van der Waals surface area contributed by atoms with Crippen LogP contribution in [0.1, 0.15) is 36.5 Å². The molecule has 2 amide bonds. The van der Waals surface area contributed by atoms with Crippen LogP contribution in [-0.4, -0.2) is 24.2 Å². The summed E-state index contributed by atoms with van der Waals surface area (Å²) < 4.78 is 6.55. The molecule has 150 valence electrons.